The van der Waals surface area contributed by atoms with Gasteiger partial charge < -0.3 is 15.0 Å². The molecule has 18 heavy (non-hydrogen) atoms. The smallest absolute Gasteiger partial charge is 0.122 e. The van der Waals surface area contributed by atoms with Crippen LogP contribution < -0.4 is 10.1 Å². The maximum Gasteiger partial charge on any atom is 0.122 e. The average molecular weight is 246 g/mol. The van der Waals surface area contributed by atoms with E-state index in [0.717, 1.165) is 31.8 Å². The van der Waals surface area contributed by atoms with Crippen molar-refractivity contribution in [1.29, 1.82) is 0 Å². The Bertz CT molecular complexity index is 446. The van der Waals surface area contributed by atoms with Crippen LogP contribution >= 0.6 is 0 Å². The van der Waals surface area contributed by atoms with Crippen LogP contribution in [-0.2, 0) is 6.42 Å². The van der Waals surface area contributed by atoms with E-state index >= 15 is 0 Å². The number of likely N-dealkylation sites (N-methyl/N-ethyl adjacent to an activating group) is 1. The molecular weight excluding hydrogens is 224 g/mol. The SMILES string of the molecule is CN1CCC(C)(Oc2ccc3c(c2)NCCC3)C1. The van der Waals surface area contributed by atoms with Gasteiger partial charge in [0.05, 0.1) is 0 Å². The zero-order chi connectivity index (χ0) is 12.6. The molecule has 0 saturated carbocycles. The summed E-state index contributed by atoms with van der Waals surface area (Å²) < 4.78 is 6.22. The number of hydrogen-bond donors (Lipinski definition) is 1. The first-order valence-electron chi connectivity index (χ1n) is 6.89. The van der Waals surface area contributed by atoms with Crippen molar-refractivity contribution >= 4 is 5.69 Å². The summed E-state index contributed by atoms with van der Waals surface area (Å²) in [6.07, 6.45) is 3.52. The van der Waals surface area contributed by atoms with Crippen molar-refractivity contribution in [3.63, 3.8) is 0 Å². The lowest BCUT2D eigenvalue weighted by molar-refractivity contribution is 0.0998. The van der Waals surface area contributed by atoms with Gasteiger partial charge in [-0.2, -0.15) is 0 Å². The minimum absolute atomic E-state index is 0.0301. The molecule has 0 radical (unpaired) electrons. The molecule has 1 fully saturated rings. The first kappa shape index (κ1) is 11.8. The van der Waals surface area contributed by atoms with Gasteiger partial charge in [-0.25, -0.2) is 0 Å². The predicted octanol–water partition coefficient (Wildman–Crippen LogP) is 2.52. The molecule has 1 N–H and O–H groups in total. The fourth-order valence-electron chi connectivity index (χ4n) is 3.03. The highest BCUT2D eigenvalue weighted by atomic mass is 16.5. The molecule has 1 atom stereocenters. The van der Waals surface area contributed by atoms with Crippen LogP contribution in [0.2, 0.25) is 0 Å². The first-order valence-corrected chi connectivity index (χ1v) is 6.89. The molecule has 1 aromatic rings. The van der Waals surface area contributed by atoms with E-state index in [1.54, 1.807) is 0 Å². The van der Waals surface area contributed by atoms with E-state index in [0.29, 0.717) is 0 Å². The van der Waals surface area contributed by atoms with Gasteiger partial charge in [-0.15, -0.1) is 0 Å². The Morgan fingerprint density at radius 3 is 3.06 bits per heavy atom. The largest absolute Gasteiger partial charge is 0.486 e. The summed E-state index contributed by atoms with van der Waals surface area (Å²) in [4.78, 5) is 2.33. The van der Waals surface area contributed by atoms with Crippen molar-refractivity contribution in [1.82, 2.24) is 4.90 Å². The topological polar surface area (TPSA) is 24.5 Å². The van der Waals surface area contributed by atoms with Gasteiger partial charge in [0.25, 0.3) is 0 Å². The maximum atomic E-state index is 6.22. The van der Waals surface area contributed by atoms with Crippen molar-refractivity contribution in [2.24, 2.45) is 0 Å². The molecule has 2 aliphatic rings. The third-order valence-corrected chi connectivity index (χ3v) is 4.01. The zero-order valence-corrected chi connectivity index (χ0v) is 11.3. The molecule has 1 saturated heterocycles. The maximum absolute atomic E-state index is 6.22. The highest BCUT2D eigenvalue weighted by molar-refractivity contribution is 5.56. The number of benzene rings is 1. The highest BCUT2D eigenvalue weighted by Crippen LogP contribution is 2.31. The molecule has 3 rings (SSSR count). The van der Waals surface area contributed by atoms with E-state index in [-0.39, 0.29) is 5.60 Å². The molecule has 2 aliphatic heterocycles. The second kappa shape index (κ2) is 4.47. The fraction of sp³-hybridized carbons (Fsp3) is 0.600. The van der Waals surface area contributed by atoms with Crippen LogP contribution in [0.4, 0.5) is 5.69 Å². The van der Waals surface area contributed by atoms with E-state index in [1.807, 2.05) is 0 Å². The van der Waals surface area contributed by atoms with Crippen LogP contribution in [0.25, 0.3) is 0 Å². The molecule has 98 valence electrons. The Kier molecular flexibility index (Phi) is 2.94. The molecule has 3 heteroatoms. The summed E-state index contributed by atoms with van der Waals surface area (Å²) in [5, 5.41) is 3.46. The van der Waals surface area contributed by atoms with Gasteiger partial charge in [-0.05, 0) is 38.4 Å². The summed E-state index contributed by atoms with van der Waals surface area (Å²) >= 11 is 0. The number of aryl methyl sites for hydroxylation is 1. The molecular formula is C15H22N2O. The lowest BCUT2D eigenvalue weighted by atomic mass is 10.0. The Balaban J connectivity index is 1.77. The van der Waals surface area contributed by atoms with Crippen molar-refractivity contribution < 1.29 is 4.74 Å². The Hall–Kier alpha value is -1.22. The molecule has 2 heterocycles. The molecule has 3 nitrogen and oxygen atoms in total. The van der Waals surface area contributed by atoms with Crippen molar-refractivity contribution in [3.05, 3.63) is 23.8 Å². The van der Waals surface area contributed by atoms with E-state index in [1.165, 1.54) is 24.1 Å². The van der Waals surface area contributed by atoms with Gasteiger partial charge in [-0.3, -0.25) is 0 Å². The monoisotopic (exact) mass is 246 g/mol. The number of fused-ring (bicyclic) bond motifs is 1. The molecule has 0 bridgehead atoms. The van der Waals surface area contributed by atoms with Crippen LogP contribution in [0.15, 0.2) is 18.2 Å². The Labute approximate surface area is 109 Å². The number of likely N-dealkylation sites (tertiary alicyclic amines) is 1. The van der Waals surface area contributed by atoms with Crippen molar-refractivity contribution in [2.75, 3.05) is 32.0 Å². The van der Waals surface area contributed by atoms with Crippen LogP contribution in [0.5, 0.6) is 5.75 Å². The fourth-order valence-corrected chi connectivity index (χ4v) is 3.03. The lowest BCUT2D eigenvalue weighted by Gasteiger charge is -2.27. The number of nitrogens with zero attached hydrogens (tertiary/aromatic N) is 1. The normalized spacial score (nSPS) is 27.7. The van der Waals surface area contributed by atoms with Gasteiger partial charge in [0, 0.05) is 37.8 Å². The average Bonchev–Trinajstić information content (AvgIpc) is 2.69. The van der Waals surface area contributed by atoms with Crippen LogP contribution in [0, 0.1) is 0 Å². The van der Waals surface area contributed by atoms with E-state index < -0.39 is 0 Å². The van der Waals surface area contributed by atoms with Gasteiger partial charge in [-0.1, -0.05) is 6.07 Å². The quantitative estimate of drug-likeness (QED) is 0.868. The number of nitrogens with one attached hydrogen (secondary N) is 1. The molecule has 0 aromatic heterocycles. The summed E-state index contributed by atoms with van der Waals surface area (Å²) in [5.74, 6) is 1.00. The van der Waals surface area contributed by atoms with Crippen molar-refractivity contribution in [3.8, 4) is 5.75 Å². The van der Waals surface area contributed by atoms with Crippen LogP contribution in [-0.4, -0.2) is 37.2 Å². The number of ether oxygens (including phenoxy) is 1. The summed E-state index contributed by atoms with van der Waals surface area (Å²) in [6, 6.07) is 6.49. The second-order valence-corrected chi connectivity index (χ2v) is 5.89. The third kappa shape index (κ3) is 2.32. The highest BCUT2D eigenvalue weighted by Gasteiger charge is 2.34. The second-order valence-electron chi connectivity index (χ2n) is 5.89. The summed E-state index contributed by atoms with van der Waals surface area (Å²) in [5.41, 5.74) is 2.65. The first-order chi connectivity index (χ1) is 8.65. The number of hydrogen-bond acceptors (Lipinski definition) is 3. The minimum Gasteiger partial charge on any atom is -0.486 e. The predicted molar refractivity (Wildman–Crippen MR) is 74.4 cm³/mol. The lowest BCUT2D eigenvalue weighted by Crippen LogP contribution is -2.35. The zero-order valence-electron chi connectivity index (χ0n) is 11.3. The van der Waals surface area contributed by atoms with Gasteiger partial charge in [0.15, 0.2) is 0 Å². The van der Waals surface area contributed by atoms with E-state index in [2.05, 4.69) is 42.4 Å². The van der Waals surface area contributed by atoms with E-state index in [9.17, 15) is 0 Å². The summed E-state index contributed by atoms with van der Waals surface area (Å²) in [6.45, 7) is 5.43. The van der Waals surface area contributed by atoms with Gasteiger partial charge in [0.2, 0.25) is 0 Å². The molecule has 0 amide bonds. The Morgan fingerprint density at radius 1 is 1.39 bits per heavy atom. The number of rotatable bonds is 2. The minimum atomic E-state index is -0.0301. The molecule has 0 aliphatic carbocycles. The number of anilines is 1. The standard InChI is InChI=1S/C15H22N2O/c1-15(7-9-17(2)11-15)18-13-6-5-12-4-3-8-16-14(12)10-13/h5-6,10,16H,3-4,7-9,11H2,1-2H3. The van der Waals surface area contributed by atoms with Crippen molar-refractivity contribution in [2.45, 2.75) is 31.8 Å². The summed E-state index contributed by atoms with van der Waals surface area (Å²) in [7, 11) is 2.16. The van der Waals surface area contributed by atoms with Gasteiger partial charge >= 0.3 is 0 Å². The molecule has 1 aromatic carbocycles. The molecule has 1 unspecified atom stereocenters. The van der Waals surface area contributed by atoms with Crippen LogP contribution in [0.1, 0.15) is 25.3 Å². The van der Waals surface area contributed by atoms with E-state index in [4.69, 9.17) is 4.74 Å². The molecule has 0 spiro atoms. The van der Waals surface area contributed by atoms with Gasteiger partial charge in [0.1, 0.15) is 11.4 Å². The van der Waals surface area contributed by atoms with Crippen LogP contribution in [0.3, 0.4) is 0 Å². The third-order valence-electron chi connectivity index (χ3n) is 4.01. The Morgan fingerprint density at radius 2 is 2.28 bits per heavy atom.